The van der Waals surface area contributed by atoms with Gasteiger partial charge in [0.1, 0.15) is 0 Å². The Morgan fingerprint density at radius 3 is 2.52 bits per heavy atom. The fourth-order valence-electron chi connectivity index (χ4n) is 3.89. The van der Waals surface area contributed by atoms with Crippen LogP contribution in [0.25, 0.3) is 0 Å². The van der Waals surface area contributed by atoms with Gasteiger partial charge in [0.25, 0.3) is 0 Å². The smallest absolute Gasteiger partial charge is 0.191 e. The minimum absolute atomic E-state index is 0. The molecule has 1 atom stereocenters. The molecule has 7 nitrogen and oxygen atoms in total. The van der Waals surface area contributed by atoms with Crippen molar-refractivity contribution < 1.29 is 19.3 Å². The number of aliphatic hydroxyl groups excluding tert-OH is 1. The Morgan fingerprint density at radius 1 is 1.13 bits per heavy atom. The molecular weight excluding hydrogens is 509 g/mol. The summed E-state index contributed by atoms with van der Waals surface area (Å²) in [5, 5.41) is 16.2. The van der Waals surface area contributed by atoms with Crippen LogP contribution >= 0.6 is 24.0 Å². The number of aliphatic hydroxyl groups is 1. The van der Waals surface area contributed by atoms with Gasteiger partial charge in [0.15, 0.2) is 5.96 Å². The quantitative estimate of drug-likeness (QED) is 0.238. The summed E-state index contributed by atoms with van der Waals surface area (Å²) < 4.78 is 16.9. The Bertz CT molecular complexity index is 645. The molecule has 3 N–H and O–H groups in total. The highest BCUT2D eigenvalue weighted by atomic mass is 127. The number of benzene rings is 1. The molecule has 1 aromatic carbocycles. The standard InChI is InChI=1S/C23H37N3O4.HI/c1-2-24-22(26-17-23(9-11-27)10-14-29-18-23)25-15-19-3-5-20(6-4-19)16-30-21-7-12-28-13-8-21;/h3-6,21,27H,2,7-18H2,1H3,(H2,24,25,26);1H. The third-order valence-electron chi connectivity index (χ3n) is 5.90. The Balaban J connectivity index is 0.00000341. The molecule has 31 heavy (non-hydrogen) atoms. The van der Waals surface area contributed by atoms with Crippen LogP contribution in [0.1, 0.15) is 43.7 Å². The second-order valence-corrected chi connectivity index (χ2v) is 8.26. The largest absolute Gasteiger partial charge is 0.396 e. The van der Waals surface area contributed by atoms with Crippen molar-refractivity contribution in [2.24, 2.45) is 10.4 Å². The SMILES string of the molecule is CCNC(=NCc1ccc(COC2CCOCC2)cc1)NCC1(CCO)CCOC1.I. The average molecular weight is 547 g/mol. The number of guanidine groups is 1. The topological polar surface area (TPSA) is 84.3 Å². The van der Waals surface area contributed by atoms with E-state index in [0.717, 1.165) is 70.1 Å². The molecule has 0 aromatic heterocycles. The zero-order valence-corrected chi connectivity index (χ0v) is 20.9. The summed E-state index contributed by atoms with van der Waals surface area (Å²) >= 11 is 0. The molecule has 2 aliphatic rings. The molecule has 2 aliphatic heterocycles. The van der Waals surface area contributed by atoms with Crippen molar-refractivity contribution in [3.63, 3.8) is 0 Å². The molecule has 8 heteroatoms. The van der Waals surface area contributed by atoms with E-state index < -0.39 is 0 Å². The van der Waals surface area contributed by atoms with Crippen molar-refractivity contribution >= 4 is 29.9 Å². The van der Waals surface area contributed by atoms with Crippen LogP contribution in [0.3, 0.4) is 0 Å². The first-order chi connectivity index (χ1) is 14.7. The van der Waals surface area contributed by atoms with E-state index in [1.807, 2.05) is 0 Å². The van der Waals surface area contributed by atoms with Gasteiger partial charge in [0.05, 0.1) is 25.9 Å². The van der Waals surface area contributed by atoms with Crippen LogP contribution in [0.2, 0.25) is 0 Å². The summed E-state index contributed by atoms with van der Waals surface area (Å²) in [6.07, 6.45) is 4.00. The van der Waals surface area contributed by atoms with Gasteiger partial charge in [0.2, 0.25) is 0 Å². The average Bonchev–Trinajstić information content (AvgIpc) is 3.25. The molecular formula is C23H38IN3O4. The zero-order chi connectivity index (χ0) is 21.1. The van der Waals surface area contributed by atoms with E-state index in [1.165, 1.54) is 5.56 Å². The molecule has 0 amide bonds. The summed E-state index contributed by atoms with van der Waals surface area (Å²) in [5.41, 5.74) is 2.35. The molecule has 0 radical (unpaired) electrons. The van der Waals surface area contributed by atoms with Crippen LogP contribution < -0.4 is 10.6 Å². The highest BCUT2D eigenvalue weighted by Gasteiger charge is 2.34. The monoisotopic (exact) mass is 547 g/mol. The summed E-state index contributed by atoms with van der Waals surface area (Å²) in [6, 6.07) is 8.48. The first-order valence-electron chi connectivity index (χ1n) is 11.2. The fraction of sp³-hybridized carbons (Fsp3) is 0.696. The van der Waals surface area contributed by atoms with Crippen LogP contribution in [0.4, 0.5) is 0 Å². The van der Waals surface area contributed by atoms with E-state index >= 15 is 0 Å². The van der Waals surface area contributed by atoms with Gasteiger partial charge in [-0.1, -0.05) is 24.3 Å². The van der Waals surface area contributed by atoms with E-state index in [-0.39, 0.29) is 36.0 Å². The van der Waals surface area contributed by atoms with Gasteiger partial charge in [-0.05, 0) is 43.7 Å². The maximum atomic E-state index is 9.40. The van der Waals surface area contributed by atoms with E-state index in [4.69, 9.17) is 19.2 Å². The van der Waals surface area contributed by atoms with E-state index in [9.17, 15) is 5.11 Å². The summed E-state index contributed by atoms with van der Waals surface area (Å²) in [6.45, 7) is 8.12. The lowest BCUT2D eigenvalue weighted by atomic mass is 9.84. The van der Waals surface area contributed by atoms with Gasteiger partial charge in [-0.3, -0.25) is 0 Å². The summed E-state index contributed by atoms with van der Waals surface area (Å²) in [4.78, 5) is 4.73. The van der Waals surface area contributed by atoms with Crippen molar-refractivity contribution in [1.29, 1.82) is 0 Å². The molecule has 2 fully saturated rings. The number of hydrogen-bond donors (Lipinski definition) is 3. The van der Waals surface area contributed by atoms with Gasteiger partial charge in [0, 0.05) is 44.9 Å². The molecule has 176 valence electrons. The van der Waals surface area contributed by atoms with Crippen LogP contribution in [0, 0.1) is 5.41 Å². The normalized spacial score (nSPS) is 22.2. The van der Waals surface area contributed by atoms with Crippen molar-refractivity contribution in [1.82, 2.24) is 10.6 Å². The maximum absolute atomic E-state index is 9.40. The summed E-state index contributed by atoms with van der Waals surface area (Å²) in [5.74, 6) is 0.800. The number of hydrogen-bond acceptors (Lipinski definition) is 5. The van der Waals surface area contributed by atoms with Gasteiger partial charge in [-0.15, -0.1) is 24.0 Å². The molecule has 2 heterocycles. The number of aliphatic imine (C=N–C) groups is 1. The first kappa shape index (κ1) is 26.3. The molecule has 3 rings (SSSR count). The number of nitrogens with zero attached hydrogens (tertiary/aromatic N) is 1. The lowest BCUT2D eigenvalue weighted by Crippen LogP contribution is -2.44. The fourth-order valence-corrected chi connectivity index (χ4v) is 3.89. The van der Waals surface area contributed by atoms with E-state index in [2.05, 4.69) is 41.8 Å². The Hall–Kier alpha value is -0.940. The molecule has 2 saturated heterocycles. The molecule has 0 spiro atoms. The first-order valence-corrected chi connectivity index (χ1v) is 11.2. The predicted octanol–water partition coefficient (Wildman–Crippen LogP) is 2.84. The predicted molar refractivity (Wildman–Crippen MR) is 133 cm³/mol. The molecule has 1 unspecified atom stereocenters. The molecule has 0 aliphatic carbocycles. The second-order valence-electron chi connectivity index (χ2n) is 8.26. The number of nitrogens with one attached hydrogen (secondary N) is 2. The van der Waals surface area contributed by atoms with E-state index in [1.54, 1.807) is 0 Å². The van der Waals surface area contributed by atoms with Gasteiger partial charge in [-0.25, -0.2) is 4.99 Å². The van der Waals surface area contributed by atoms with Crippen molar-refractivity contribution in [3.8, 4) is 0 Å². The van der Waals surface area contributed by atoms with Crippen LogP contribution in [-0.4, -0.2) is 63.3 Å². The Morgan fingerprint density at radius 2 is 1.87 bits per heavy atom. The minimum Gasteiger partial charge on any atom is -0.396 e. The molecule has 0 bridgehead atoms. The van der Waals surface area contributed by atoms with Crippen molar-refractivity contribution in [2.45, 2.75) is 51.9 Å². The second kappa shape index (κ2) is 14.3. The highest BCUT2D eigenvalue weighted by molar-refractivity contribution is 14.0. The minimum atomic E-state index is -0.00293. The Labute approximate surface area is 203 Å². The van der Waals surface area contributed by atoms with E-state index in [0.29, 0.717) is 25.9 Å². The molecule has 1 aromatic rings. The van der Waals surface area contributed by atoms with Gasteiger partial charge < -0.3 is 30.0 Å². The summed E-state index contributed by atoms with van der Waals surface area (Å²) in [7, 11) is 0. The third kappa shape index (κ3) is 8.84. The molecule has 0 saturated carbocycles. The van der Waals surface area contributed by atoms with Crippen molar-refractivity contribution in [2.75, 3.05) is 46.1 Å². The maximum Gasteiger partial charge on any atom is 0.191 e. The lowest BCUT2D eigenvalue weighted by Gasteiger charge is -2.27. The third-order valence-corrected chi connectivity index (χ3v) is 5.90. The Kier molecular flexibility index (Phi) is 12.1. The van der Waals surface area contributed by atoms with Gasteiger partial charge in [-0.2, -0.15) is 0 Å². The van der Waals surface area contributed by atoms with Crippen LogP contribution in [0.15, 0.2) is 29.3 Å². The lowest BCUT2D eigenvalue weighted by molar-refractivity contribution is -0.0390. The number of ether oxygens (including phenoxy) is 3. The van der Waals surface area contributed by atoms with Crippen molar-refractivity contribution in [3.05, 3.63) is 35.4 Å². The highest BCUT2D eigenvalue weighted by Crippen LogP contribution is 2.31. The number of rotatable bonds is 10. The van der Waals surface area contributed by atoms with Gasteiger partial charge >= 0.3 is 0 Å². The van der Waals surface area contributed by atoms with Crippen LogP contribution in [-0.2, 0) is 27.4 Å². The zero-order valence-electron chi connectivity index (χ0n) is 18.6. The number of halogens is 1. The van der Waals surface area contributed by atoms with Crippen LogP contribution in [0.5, 0.6) is 0 Å².